The first-order valence-corrected chi connectivity index (χ1v) is 7.29. The molecule has 2 heteroatoms. The summed E-state index contributed by atoms with van der Waals surface area (Å²) in [6, 6.07) is 0.934. The average Bonchev–Trinajstić information content (AvgIpc) is 2.79. The molecule has 0 amide bonds. The highest BCUT2D eigenvalue weighted by atomic mass is 15.2. The summed E-state index contributed by atoms with van der Waals surface area (Å²) in [5.41, 5.74) is 5.79. The molecule has 94 valence electrons. The van der Waals surface area contributed by atoms with E-state index in [1.807, 2.05) is 0 Å². The van der Waals surface area contributed by atoms with Gasteiger partial charge in [0.1, 0.15) is 0 Å². The van der Waals surface area contributed by atoms with Crippen molar-refractivity contribution in [3.63, 3.8) is 0 Å². The third-order valence-electron chi connectivity index (χ3n) is 4.84. The lowest BCUT2D eigenvalue weighted by molar-refractivity contribution is 0.106. The van der Waals surface area contributed by atoms with Crippen LogP contribution in [0, 0.1) is 11.8 Å². The lowest BCUT2D eigenvalue weighted by Crippen LogP contribution is -2.43. The molecule has 0 aromatic carbocycles. The van der Waals surface area contributed by atoms with Gasteiger partial charge < -0.3 is 10.6 Å². The first kappa shape index (κ1) is 12.4. The van der Waals surface area contributed by atoms with Gasteiger partial charge in [-0.1, -0.05) is 19.8 Å². The Bertz CT molecular complexity index is 201. The van der Waals surface area contributed by atoms with Crippen LogP contribution >= 0.6 is 0 Å². The molecule has 16 heavy (non-hydrogen) atoms. The minimum atomic E-state index is 0.752. The predicted molar refractivity (Wildman–Crippen MR) is 69.4 cm³/mol. The van der Waals surface area contributed by atoms with E-state index in [1.54, 1.807) is 0 Å². The van der Waals surface area contributed by atoms with Gasteiger partial charge in [-0.15, -0.1) is 0 Å². The third-order valence-corrected chi connectivity index (χ3v) is 4.84. The van der Waals surface area contributed by atoms with Crippen molar-refractivity contribution in [1.29, 1.82) is 0 Å². The van der Waals surface area contributed by atoms with Crippen molar-refractivity contribution >= 4 is 0 Å². The number of rotatable bonds is 5. The second-order valence-electron chi connectivity index (χ2n) is 5.74. The highest BCUT2D eigenvalue weighted by Crippen LogP contribution is 2.36. The second-order valence-corrected chi connectivity index (χ2v) is 5.74. The van der Waals surface area contributed by atoms with Crippen LogP contribution in [0.5, 0.6) is 0 Å². The summed E-state index contributed by atoms with van der Waals surface area (Å²) in [6.45, 7) is 5.80. The van der Waals surface area contributed by atoms with Gasteiger partial charge in [-0.05, 0) is 63.6 Å². The van der Waals surface area contributed by atoms with E-state index in [0.29, 0.717) is 0 Å². The molecule has 1 saturated carbocycles. The van der Waals surface area contributed by atoms with Gasteiger partial charge in [-0.25, -0.2) is 0 Å². The van der Waals surface area contributed by atoms with Crippen LogP contribution in [0.25, 0.3) is 0 Å². The molecule has 2 rings (SSSR count). The Morgan fingerprint density at radius 1 is 1.25 bits per heavy atom. The number of piperidine rings is 1. The molecule has 3 unspecified atom stereocenters. The van der Waals surface area contributed by atoms with E-state index in [9.17, 15) is 0 Å². The van der Waals surface area contributed by atoms with Crippen molar-refractivity contribution < 1.29 is 0 Å². The molecule has 0 aromatic rings. The zero-order valence-corrected chi connectivity index (χ0v) is 10.8. The molecule has 0 spiro atoms. The van der Waals surface area contributed by atoms with Crippen molar-refractivity contribution in [2.24, 2.45) is 17.6 Å². The molecule has 0 bridgehead atoms. The van der Waals surface area contributed by atoms with Crippen LogP contribution < -0.4 is 5.73 Å². The molecule has 1 heterocycles. The molecule has 1 aliphatic carbocycles. The van der Waals surface area contributed by atoms with E-state index in [0.717, 1.165) is 24.4 Å². The SMILES string of the molecule is CCC(CN)CCN1CCCC2CCCC21. The van der Waals surface area contributed by atoms with Crippen molar-refractivity contribution in [3.8, 4) is 0 Å². The fourth-order valence-corrected chi connectivity index (χ4v) is 3.67. The minimum Gasteiger partial charge on any atom is -0.330 e. The normalized spacial score (nSPS) is 32.6. The van der Waals surface area contributed by atoms with Gasteiger partial charge in [0.05, 0.1) is 0 Å². The summed E-state index contributed by atoms with van der Waals surface area (Å²) in [5.74, 6) is 1.79. The standard InChI is InChI=1S/C14H28N2/c1-2-12(11-15)8-10-16-9-4-6-13-5-3-7-14(13)16/h12-14H,2-11,15H2,1H3. The maximum absolute atomic E-state index is 5.79. The first-order chi connectivity index (χ1) is 7.85. The van der Waals surface area contributed by atoms with Crippen LogP contribution in [0.1, 0.15) is 51.9 Å². The number of nitrogens with zero attached hydrogens (tertiary/aromatic N) is 1. The van der Waals surface area contributed by atoms with Crippen LogP contribution in [0.15, 0.2) is 0 Å². The molecular weight excluding hydrogens is 196 g/mol. The van der Waals surface area contributed by atoms with E-state index in [2.05, 4.69) is 11.8 Å². The van der Waals surface area contributed by atoms with Crippen molar-refractivity contribution in [2.45, 2.75) is 57.9 Å². The summed E-state index contributed by atoms with van der Waals surface area (Å²) < 4.78 is 0. The quantitative estimate of drug-likeness (QED) is 0.778. The molecule has 2 N–H and O–H groups in total. The first-order valence-electron chi connectivity index (χ1n) is 7.29. The molecule has 2 fully saturated rings. The van der Waals surface area contributed by atoms with E-state index >= 15 is 0 Å². The lowest BCUT2D eigenvalue weighted by Gasteiger charge is -2.38. The number of likely N-dealkylation sites (tertiary alicyclic amines) is 1. The summed E-state index contributed by atoms with van der Waals surface area (Å²) in [4.78, 5) is 2.78. The molecule has 0 radical (unpaired) electrons. The van der Waals surface area contributed by atoms with Gasteiger partial charge in [-0.2, -0.15) is 0 Å². The second kappa shape index (κ2) is 6.02. The fraction of sp³-hybridized carbons (Fsp3) is 1.00. The van der Waals surface area contributed by atoms with Gasteiger partial charge >= 0.3 is 0 Å². The van der Waals surface area contributed by atoms with E-state index in [-0.39, 0.29) is 0 Å². The molecule has 2 nitrogen and oxygen atoms in total. The maximum atomic E-state index is 5.79. The van der Waals surface area contributed by atoms with Crippen molar-refractivity contribution in [1.82, 2.24) is 4.90 Å². The third kappa shape index (κ3) is 2.78. The van der Waals surface area contributed by atoms with Crippen LogP contribution in [0.2, 0.25) is 0 Å². The number of hydrogen-bond donors (Lipinski definition) is 1. The van der Waals surface area contributed by atoms with Crippen molar-refractivity contribution in [2.75, 3.05) is 19.6 Å². The highest BCUT2D eigenvalue weighted by molar-refractivity contribution is 4.89. The monoisotopic (exact) mass is 224 g/mol. The Kier molecular flexibility index (Phi) is 4.66. The van der Waals surface area contributed by atoms with Gasteiger partial charge in [0.25, 0.3) is 0 Å². The van der Waals surface area contributed by atoms with Crippen LogP contribution in [0.4, 0.5) is 0 Å². The minimum absolute atomic E-state index is 0.752. The average molecular weight is 224 g/mol. The van der Waals surface area contributed by atoms with Gasteiger partial charge in [0, 0.05) is 6.04 Å². The summed E-state index contributed by atoms with van der Waals surface area (Å²) in [6.07, 6.45) is 9.92. The van der Waals surface area contributed by atoms with Crippen LogP contribution in [0.3, 0.4) is 0 Å². The topological polar surface area (TPSA) is 29.3 Å². The van der Waals surface area contributed by atoms with Crippen molar-refractivity contribution in [3.05, 3.63) is 0 Å². The van der Waals surface area contributed by atoms with E-state index in [4.69, 9.17) is 5.73 Å². The number of nitrogens with two attached hydrogens (primary N) is 1. The Morgan fingerprint density at radius 3 is 2.81 bits per heavy atom. The maximum Gasteiger partial charge on any atom is 0.0123 e. The zero-order chi connectivity index (χ0) is 11.4. The molecular formula is C14H28N2. The van der Waals surface area contributed by atoms with Gasteiger partial charge in [-0.3, -0.25) is 0 Å². The Morgan fingerprint density at radius 2 is 2.06 bits per heavy atom. The smallest absolute Gasteiger partial charge is 0.0123 e. The number of hydrogen-bond acceptors (Lipinski definition) is 2. The molecule has 3 atom stereocenters. The van der Waals surface area contributed by atoms with Gasteiger partial charge in [0.2, 0.25) is 0 Å². The fourth-order valence-electron chi connectivity index (χ4n) is 3.67. The van der Waals surface area contributed by atoms with E-state index in [1.165, 1.54) is 58.0 Å². The number of fused-ring (bicyclic) bond motifs is 1. The Labute approximate surface area is 101 Å². The highest BCUT2D eigenvalue weighted by Gasteiger charge is 2.34. The van der Waals surface area contributed by atoms with E-state index < -0.39 is 0 Å². The molecule has 1 saturated heterocycles. The van der Waals surface area contributed by atoms with Gasteiger partial charge in [0.15, 0.2) is 0 Å². The summed E-state index contributed by atoms with van der Waals surface area (Å²) in [7, 11) is 0. The summed E-state index contributed by atoms with van der Waals surface area (Å²) in [5, 5.41) is 0. The largest absolute Gasteiger partial charge is 0.330 e. The Balaban J connectivity index is 1.79. The molecule has 1 aliphatic heterocycles. The Hall–Kier alpha value is -0.0800. The summed E-state index contributed by atoms with van der Waals surface area (Å²) >= 11 is 0. The predicted octanol–water partition coefficient (Wildman–Crippen LogP) is 2.63. The van der Waals surface area contributed by atoms with Crippen LogP contribution in [-0.2, 0) is 0 Å². The molecule has 2 aliphatic rings. The van der Waals surface area contributed by atoms with Crippen LogP contribution in [-0.4, -0.2) is 30.6 Å². The molecule has 0 aromatic heterocycles. The lowest BCUT2D eigenvalue weighted by atomic mass is 9.91. The zero-order valence-electron chi connectivity index (χ0n) is 10.8.